The zero-order chi connectivity index (χ0) is 13.5. The van der Waals surface area contributed by atoms with E-state index in [9.17, 15) is 13.2 Å². The molecule has 0 amide bonds. The number of alkyl halides is 3. The Morgan fingerprint density at radius 1 is 1.21 bits per heavy atom. The molecule has 1 aliphatic heterocycles. The van der Waals surface area contributed by atoms with Crippen LogP contribution in [0.4, 0.5) is 13.2 Å². The van der Waals surface area contributed by atoms with Crippen LogP contribution in [0.2, 0.25) is 0 Å². The number of thiophene rings is 1. The Morgan fingerprint density at radius 3 is 2.74 bits per heavy atom. The second-order valence-electron chi connectivity index (χ2n) is 4.02. The molecule has 0 bridgehead atoms. The van der Waals surface area contributed by atoms with Gasteiger partial charge >= 0.3 is 6.18 Å². The minimum Gasteiger partial charge on any atom is -0.291 e. The predicted octanol–water partition coefficient (Wildman–Crippen LogP) is 3.35. The number of fused-ring (bicyclic) bond motifs is 1. The average molecular weight is 283 g/mol. The molecule has 0 saturated carbocycles. The molecular formula is C12H8F3N3S. The van der Waals surface area contributed by atoms with Crippen molar-refractivity contribution in [2.24, 2.45) is 4.99 Å². The maximum atomic E-state index is 13.1. The van der Waals surface area contributed by atoms with Gasteiger partial charge in [-0.15, -0.1) is 11.3 Å². The van der Waals surface area contributed by atoms with Crippen molar-refractivity contribution in [2.45, 2.75) is 19.1 Å². The van der Waals surface area contributed by atoms with Gasteiger partial charge in [-0.25, -0.2) is 9.97 Å². The zero-order valence-corrected chi connectivity index (χ0v) is 10.4. The first-order chi connectivity index (χ1) is 9.05. The van der Waals surface area contributed by atoms with Crippen LogP contribution in [-0.2, 0) is 19.1 Å². The van der Waals surface area contributed by atoms with Crippen LogP contribution in [0, 0.1) is 0 Å². The van der Waals surface area contributed by atoms with Crippen molar-refractivity contribution < 1.29 is 13.2 Å². The molecule has 0 fully saturated rings. The van der Waals surface area contributed by atoms with E-state index in [1.54, 1.807) is 17.5 Å². The lowest BCUT2D eigenvalue weighted by atomic mass is 10.1. The summed E-state index contributed by atoms with van der Waals surface area (Å²) in [6, 6.07) is 3.47. The van der Waals surface area contributed by atoms with Gasteiger partial charge in [0.1, 0.15) is 0 Å². The normalized spacial score (nSPS) is 14.5. The van der Waals surface area contributed by atoms with Gasteiger partial charge in [-0.2, -0.15) is 13.2 Å². The van der Waals surface area contributed by atoms with Gasteiger partial charge in [0.15, 0.2) is 11.5 Å². The SMILES string of the molecule is FC(F)(F)c1nc(-c2cccs2)nc2c1CC=NC2. The summed E-state index contributed by atoms with van der Waals surface area (Å²) in [5.74, 6) is 0.123. The molecule has 3 nitrogen and oxygen atoms in total. The lowest BCUT2D eigenvalue weighted by Gasteiger charge is -2.17. The molecular weight excluding hydrogens is 275 g/mol. The van der Waals surface area contributed by atoms with E-state index in [0.29, 0.717) is 10.6 Å². The zero-order valence-electron chi connectivity index (χ0n) is 9.61. The van der Waals surface area contributed by atoms with Gasteiger partial charge in [-0.05, 0) is 11.4 Å². The molecule has 3 heterocycles. The van der Waals surface area contributed by atoms with E-state index in [1.165, 1.54) is 17.6 Å². The third-order valence-electron chi connectivity index (χ3n) is 2.77. The summed E-state index contributed by atoms with van der Waals surface area (Å²) in [4.78, 5) is 12.5. The summed E-state index contributed by atoms with van der Waals surface area (Å²) >= 11 is 1.32. The number of hydrogen-bond acceptors (Lipinski definition) is 4. The molecule has 2 aromatic heterocycles. The highest BCUT2D eigenvalue weighted by atomic mass is 32.1. The number of nitrogens with zero attached hydrogens (tertiary/aromatic N) is 3. The molecule has 98 valence electrons. The van der Waals surface area contributed by atoms with Crippen molar-refractivity contribution in [3.8, 4) is 10.7 Å². The van der Waals surface area contributed by atoms with E-state index in [0.717, 1.165) is 0 Å². The molecule has 0 aromatic carbocycles. The van der Waals surface area contributed by atoms with Crippen LogP contribution in [0.25, 0.3) is 10.7 Å². The highest BCUT2D eigenvalue weighted by molar-refractivity contribution is 7.13. The van der Waals surface area contributed by atoms with Crippen LogP contribution in [0.3, 0.4) is 0 Å². The molecule has 0 radical (unpaired) electrons. The molecule has 0 aliphatic carbocycles. The number of aromatic nitrogens is 2. The van der Waals surface area contributed by atoms with Gasteiger partial charge in [-0.1, -0.05) is 6.07 Å². The second-order valence-corrected chi connectivity index (χ2v) is 4.97. The van der Waals surface area contributed by atoms with E-state index in [2.05, 4.69) is 15.0 Å². The van der Waals surface area contributed by atoms with Crippen LogP contribution in [0.1, 0.15) is 17.0 Å². The largest absolute Gasteiger partial charge is 0.433 e. The monoisotopic (exact) mass is 283 g/mol. The van der Waals surface area contributed by atoms with Crippen molar-refractivity contribution in [1.29, 1.82) is 0 Å². The summed E-state index contributed by atoms with van der Waals surface area (Å²) < 4.78 is 39.2. The highest BCUT2D eigenvalue weighted by Crippen LogP contribution is 2.34. The van der Waals surface area contributed by atoms with Crippen molar-refractivity contribution in [1.82, 2.24) is 9.97 Å². The number of halogens is 3. The fourth-order valence-corrected chi connectivity index (χ4v) is 2.59. The Kier molecular flexibility index (Phi) is 2.85. The maximum Gasteiger partial charge on any atom is 0.433 e. The Bertz CT molecular complexity index is 632. The van der Waals surface area contributed by atoms with Gasteiger partial charge in [-0.3, -0.25) is 4.99 Å². The summed E-state index contributed by atoms with van der Waals surface area (Å²) in [5.41, 5.74) is -0.330. The van der Waals surface area contributed by atoms with E-state index in [1.807, 2.05) is 0 Å². The van der Waals surface area contributed by atoms with Crippen molar-refractivity contribution in [2.75, 3.05) is 0 Å². The smallest absolute Gasteiger partial charge is 0.291 e. The van der Waals surface area contributed by atoms with Gasteiger partial charge in [0.05, 0.1) is 17.1 Å². The van der Waals surface area contributed by atoms with E-state index in [4.69, 9.17) is 0 Å². The van der Waals surface area contributed by atoms with Gasteiger partial charge < -0.3 is 0 Å². The lowest BCUT2D eigenvalue weighted by Crippen LogP contribution is -2.18. The third-order valence-corrected chi connectivity index (χ3v) is 3.63. The molecule has 0 atom stereocenters. The minimum absolute atomic E-state index is 0.123. The topological polar surface area (TPSA) is 38.1 Å². The van der Waals surface area contributed by atoms with E-state index >= 15 is 0 Å². The van der Waals surface area contributed by atoms with Gasteiger partial charge in [0.25, 0.3) is 0 Å². The Hall–Kier alpha value is -1.76. The second kappa shape index (κ2) is 4.41. The van der Waals surface area contributed by atoms with Crippen LogP contribution in [0.5, 0.6) is 0 Å². The molecule has 0 N–H and O–H groups in total. The first-order valence-electron chi connectivity index (χ1n) is 5.55. The standard InChI is InChI=1S/C12H8F3N3S/c13-12(14,15)10-7-3-4-16-6-8(7)17-11(18-10)9-2-1-5-19-9/h1-2,4-5H,3,6H2. The Balaban J connectivity index is 2.20. The maximum absolute atomic E-state index is 13.1. The molecule has 3 rings (SSSR count). The third kappa shape index (κ3) is 2.25. The minimum atomic E-state index is -4.47. The number of aliphatic imine (C=N–C) groups is 1. The fourth-order valence-electron chi connectivity index (χ4n) is 1.93. The fraction of sp³-hybridized carbons (Fsp3) is 0.250. The predicted molar refractivity (Wildman–Crippen MR) is 66.2 cm³/mol. The van der Waals surface area contributed by atoms with Crippen LogP contribution >= 0.6 is 11.3 Å². The van der Waals surface area contributed by atoms with Crippen LogP contribution in [-0.4, -0.2) is 16.2 Å². The van der Waals surface area contributed by atoms with Crippen molar-refractivity contribution in [3.63, 3.8) is 0 Å². The van der Waals surface area contributed by atoms with Crippen molar-refractivity contribution >= 4 is 17.6 Å². The Labute approximate surface area is 110 Å². The first kappa shape index (κ1) is 12.3. The molecule has 7 heteroatoms. The molecule has 0 spiro atoms. The Morgan fingerprint density at radius 2 is 2.05 bits per heavy atom. The molecule has 1 aliphatic rings. The highest BCUT2D eigenvalue weighted by Gasteiger charge is 2.37. The molecule has 2 aromatic rings. The van der Waals surface area contributed by atoms with E-state index in [-0.39, 0.29) is 24.4 Å². The average Bonchev–Trinajstić information content (AvgIpc) is 2.90. The number of hydrogen-bond donors (Lipinski definition) is 0. The summed E-state index contributed by atoms with van der Waals surface area (Å²) in [7, 11) is 0. The first-order valence-corrected chi connectivity index (χ1v) is 6.43. The number of rotatable bonds is 1. The molecule has 0 unspecified atom stereocenters. The summed E-state index contributed by atoms with van der Waals surface area (Å²) in [5, 5.41) is 1.78. The lowest BCUT2D eigenvalue weighted by molar-refractivity contribution is -0.141. The molecule has 19 heavy (non-hydrogen) atoms. The van der Waals surface area contributed by atoms with Gasteiger partial charge in [0, 0.05) is 18.2 Å². The van der Waals surface area contributed by atoms with E-state index < -0.39 is 11.9 Å². The van der Waals surface area contributed by atoms with Gasteiger partial charge in [0.2, 0.25) is 0 Å². The van der Waals surface area contributed by atoms with Crippen LogP contribution in [0.15, 0.2) is 22.5 Å². The summed E-state index contributed by atoms with van der Waals surface area (Å²) in [6.07, 6.45) is -2.86. The summed E-state index contributed by atoms with van der Waals surface area (Å²) in [6.45, 7) is 0.180. The van der Waals surface area contributed by atoms with Crippen LogP contribution < -0.4 is 0 Å². The quantitative estimate of drug-likeness (QED) is 0.805. The molecule has 0 saturated heterocycles. The van der Waals surface area contributed by atoms with Crippen molar-refractivity contribution in [3.05, 3.63) is 34.5 Å².